The molecule has 3 rings (SSSR count). The third-order valence-electron chi connectivity index (χ3n) is 4.26. The normalized spacial score (nSPS) is 32.1. The summed E-state index contributed by atoms with van der Waals surface area (Å²) in [6.45, 7) is -0.0897. The fourth-order valence-corrected chi connectivity index (χ4v) is 5.29. The summed E-state index contributed by atoms with van der Waals surface area (Å²) in [6, 6.07) is 5.97. The Hall–Kier alpha value is -1.77. The number of fused-ring (bicyclic) bond motifs is 1. The molecule has 2 heterocycles. The number of nitrogens with zero attached hydrogens (tertiary/aromatic N) is 1. The topological polar surface area (TPSA) is 101 Å². The van der Waals surface area contributed by atoms with Gasteiger partial charge in [0.25, 0.3) is 0 Å². The molecular weight excluding hydrogens is 296 g/mol. The van der Waals surface area contributed by atoms with Gasteiger partial charge in [0, 0.05) is 6.42 Å². The number of carboxylic acid groups (broad SMARTS) is 1. The number of carbonyl (C=O) groups excluding carboxylic acids is 1. The molecule has 1 amide bonds. The highest BCUT2D eigenvalue weighted by molar-refractivity contribution is 7.86. The average molecular weight is 311 g/mol. The van der Waals surface area contributed by atoms with Crippen molar-refractivity contribution in [2.75, 3.05) is 13.1 Å². The molecule has 1 aromatic rings. The van der Waals surface area contributed by atoms with Gasteiger partial charge in [-0.2, -0.15) is 13.2 Å². The summed E-state index contributed by atoms with van der Waals surface area (Å²) >= 11 is 0. The Kier molecular flexibility index (Phi) is 3.12. The third-order valence-corrected chi connectivity index (χ3v) is 6.56. The van der Waals surface area contributed by atoms with Gasteiger partial charge >= 0.3 is 16.1 Å². The molecule has 0 spiro atoms. The minimum Gasteiger partial charge on any atom is -0.435 e. The van der Waals surface area contributed by atoms with Gasteiger partial charge in [-0.05, 0) is 12.1 Å². The molecule has 0 aromatic heterocycles. The molecule has 1 unspecified atom stereocenters. The zero-order valence-electron chi connectivity index (χ0n) is 11.1. The predicted molar refractivity (Wildman–Crippen MR) is 72.0 cm³/mol. The summed E-state index contributed by atoms with van der Waals surface area (Å²) in [5.41, 5.74) is 0. The second-order valence-corrected chi connectivity index (χ2v) is 7.35. The van der Waals surface area contributed by atoms with E-state index >= 15 is 0 Å². The van der Waals surface area contributed by atoms with Gasteiger partial charge in [-0.15, -0.1) is 3.89 Å². The van der Waals surface area contributed by atoms with E-state index in [1.807, 2.05) is 0 Å². The van der Waals surface area contributed by atoms with Crippen molar-refractivity contribution in [1.82, 2.24) is 5.32 Å². The molecule has 2 aliphatic heterocycles. The van der Waals surface area contributed by atoms with E-state index in [1.165, 1.54) is 24.3 Å². The van der Waals surface area contributed by atoms with Crippen LogP contribution in [0.3, 0.4) is 0 Å². The minimum absolute atomic E-state index is 0.0208. The van der Waals surface area contributed by atoms with Crippen molar-refractivity contribution in [3.05, 3.63) is 30.3 Å². The quantitative estimate of drug-likeness (QED) is 0.756. The second-order valence-electron chi connectivity index (χ2n) is 5.28. The van der Waals surface area contributed by atoms with Crippen LogP contribution in [0.1, 0.15) is 6.42 Å². The van der Waals surface area contributed by atoms with Crippen molar-refractivity contribution >= 4 is 21.9 Å². The molecule has 112 valence electrons. The van der Waals surface area contributed by atoms with Gasteiger partial charge in [0.05, 0.1) is 12.6 Å². The number of rotatable bonds is 2. The summed E-state index contributed by atoms with van der Waals surface area (Å²) in [5, 5.41) is 12.5. The van der Waals surface area contributed by atoms with Crippen molar-refractivity contribution in [3.63, 3.8) is 0 Å². The highest BCUT2D eigenvalue weighted by Crippen LogP contribution is 2.38. The number of hydrogen-bond donors (Lipinski definition) is 2. The first-order valence-corrected chi connectivity index (χ1v) is 8.03. The van der Waals surface area contributed by atoms with Gasteiger partial charge in [-0.25, -0.2) is 0 Å². The van der Waals surface area contributed by atoms with Crippen molar-refractivity contribution in [2.24, 2.45) is 0 Å². The number of hydrogen-bond acceptors (Lipinski definition) is 5. The summed E-state index contributed by atoms with van der Waals surface area (Å²) in [7, 11) is -4.21. The molecule has 2 saturated heterocycles. The van der Waals surface area contributed by atoms with Gasteiger partial charge in [0.15, 0.2) is 6.04 Å². The van der Waals surface area contributed by atoms with E-state index in [1.54, 1.807) is 6.07 Å². The lowest BCUT2D eigenvalue weighted by atomic mass is 10.1. The van der Waals surface area contributed by atoms with Gasteiger partial charge in [0.1, 0.15) is 11.4 Å². The van der Waals surface area contributed by atoms with Crippen LogP contribution in [0.5, 0.6) is 0 Å². The standard InChI is InChI=1S/C13H14N2O5S/c16-11-8-14-10-6-7-15(12(10)11,13(17)18)21(19,20)9-4-2-1-3-5-9/h1-5,10,12,14H,6-8H2/p+1/t10-,12+,15?/m1/s1. The Bertz CT molecular complexity index is 703. The number of amides is 1. The molecule has 8 heteroatoms. The molecule has 3 atom stereocenters. The molecule has 0 saturated carbocycles. The number of ketones is 1. The van der Waals surface area contributed by atoms with Gasteiger partial charge in [-0.1, -0.05) is 18.2 Å². The van der Waals surface area contributed by atoms with Crippen molar-refractivity contribution in [1.29, 1.82) is 0 Å². The van der Waals surface area contributed by atoms with Crippen molar-refractivity contribution in [2.45, 2.75) is 23.4 Å². The summed E-state index contributed by atoms with van der Waals surface area (Å²) in [5.74, 6) is -0.362. The largest absolute Gasteiger partial charge is 0.530 e. The fraction of sp³-hybridized carbons (Fsp3) is 0.385. The molecule has 2 fully saturated rings. The Morgan fingerprint density at radius 1 is 1.29 bits per heavy atom. The van der Waals surface area contributed by atoms with Crippen molar-refractivity contribution in [3.8, 4) is 0 Å². The number of quaternary nitrogens is 1. The second kappa shape index (κ2) is 4.62. The van der Waals surface area contributed by atoms with Gasteiger partial charge in [0.2, 0.25) is 5.78 Å². The number of Topliss-reactive ketones (excluding diaryl/α,β-unsaturated/α-hetero) is 1. The first kappa shape index (κ1) is 14.2. The van der Waals surface area contributed by atoms with Crippen LogP contribution in [-0.4, -0.2) is 54.5 Å². The number of nitrogens with one attached hydrogen (secondary N) is 1. The SMILES string of the molecule is O=C1CN[C@@H]2CC[N+](C(=O)O)(S(=O)(=O)c3ccccc3)[C@H]12. The monoisotopic (exact) mass is 311 g/mol. The Labute approximate surface area is 121 Å². The highest BCUT2D eigenvalue weighted by atomic mass is 32.2. The number of sulfonamides is 1. The van der Waals surface area contributed by atoms with Crippen LogP contribution in [-0.2, 0) is 14.8 Å². The van der Waals surface area contributed by atoms with Crippen LogP contribution in [0.15, 0.2) is 35.2 Å². The van der Waals surface area contributed by atoms with Gasteiger partial charge < -0.3 is 10.4 Å². The molecule has 2 N–H and O–H groups in total. The van der Waals surface area contributed by atoms with Crippen LogP contribution >= 0.6 is 0 Å². The highest BCUT2D eigenvalue weighted by Gasteiger charge is 2.67. The number of carbonyl (C=O) groups is 2. The zero-order chi connectivity index (χ0) is 15.3. The van der Waals surface area contributed by atoms with E-state index < -0.39 is 32.1 Å². The molecule has 1 aromatic carbocycles. The zero-order valence-corrected chi connectivity index (χ0v) is 11.9. The molecular formula is C13H15N2O5S+. The maximum absolute atomic E-state index is 12.9. The minimum atomic E-state index is -4.21. The molecule has 0 aliphatic carbocycles. The average Bonchev–Trinajstić information content (AvgIpc) is 3.02. The molecule has 2 aliphatic rings. The van der Waals surface area contributed by atoms with Crippen molar-refractivity contribution < 1.29 is 27.0 Å². The van der Waals surface area contributed by atoms with E-state index in [0.29, 0.717) is 6.42 Å². The van der Waals surface area contributed by atoms with Crippen LogP contribution in [0.25, 0.3) is 0 Å². The first-order valence-electron chi connectivity index (χ1n) is 6.59. The Morgan fingerprint density at radius 2 is 1.95 bits per heavy atom. The maximum atomic E-state index is 12.9. The Morgan fingerprint density at radius 3 is 2.57 bits per heavy atom. The van der Waals surface area contributed by atoms with E-state index in [2.05, 4.69) is 5.32 Å². The van der Waals surface area contributed by atoms with E-state index in [4.69, 9.17) is 0 Å². The lowest BCUT2D eigenvalue weighted by Gasteiger charge is -2.30. The molecule has 0 bridgehead atoms. The summed E-state index contributed by atoms with van der Waals surface area (Å²) in [6.07, 6.45) is -1.15. The molecule has 21 heavy (non-hydrogen) atoms. The third kappa shape index (κ3) is 1.76. The number of likely N-dealkylation sites (tertiary alicyclic amines) is 1. The maximum Gasteiger partial charge on any atom is 0.530 e. The van der Waals surface area contributed by atoms with Crippen LogP contribution in [0.2, 0.25) is 0 Å². The van der Waals surface area contributed by atoms with E-state index in [9.17, 15) is 23.1 Å². The molecule has 7 nitrogen and oxygen atoms in total. The summed E-state index contributed by atoms with van der Waals surface area (Å²) < 4.78 is 24.6. The van der Waals surface area contributed by atoms with E-state index in [-0.39, 0.29) is 23.8 Å². The predicted octanol–water partition coefficient (Wildman–Crippen LogP) is 0.183. The lowest BCUT2D eigenvalue weighted by molar-refractivity contribution is -0.733. The first-order chi connectivity index (χ1) is 9.91. The summed E-state index contributed by atoms with van der Waals surface area (Å²) in [4.78, 5) is 23.8. The number of benzene rings is 1. The van der Waals surface area contributed by atoms with Gasteiger partial charge in [-0.3, -0.25) is 4.79 Å². The Balaban J connectivity index is 2.20. The smallest absolute Gasteiger partial charge is 0.435 e. The lowest BCUT2D eigenvalue weighted by Crippen LogP contribution is -2.62. The van der Waals surface area contributed by atoms with Crippen LogP contribution in [0, 0.1) is 0 Å². The fourth-order valence-electron chi connectivity index (χ4n) is 3.29. The molecule has 0 radical (unpaired) electrons. The van der Waals surface area contributed by atoms with E-state index in [0.717, 1.165) is 0 Å². The van der Waals surface area contributed by atoms with Crippen LogP contribution in [0.4, 0.5) is 4.79 Å². The van der Waals surface area contributed by atoms with Crippen LogP contribution < -0.4 is 5.32 Å².